The fraction of sp³-hybridized carbons (Fsp3) is 0.406. The van der Waals surface area contributed by atoms with E-state index in [1.165, 1.54) is 24.3 Å². The van der Waals surface area contributed by atoms with E-state index < -0.39 is 29.3 Å². The smallest absolute Gasteiger partial charge is 0.416 e. The van der Waals surface area contributed by atoms with E-state index in [1.54, 1.807) is 29.2 Å². The number of piperidine rings is 1. The van der Waals surface area contributed by atoms with Crippen LogP contribution in [0.1, 0.15) is 44.7 Å². The molecule has 2 aliphatic heterocycles. The van der Waals surface area contributed by atoms with E-state index >= 15 is 0 Å². The summed E-state index contributed by atoms with van der Waals surface area (Å²) in [5.74, 6) is 0.0693. The molecular weight excluding hydrogens is 583 g/mol. The SMILES string of the molecule is CC(C)CN1CCC2(CC1)CN(c1ccccc1NC(=O)Nc1ccc(OC(C)(F)F)cc1)c1c(O)ccc(C(F)(F)F)c12. The standard InChI is InChI=1S/C32H35F5N4O3/c1-20(2)18-40-16-14-31(15-17-40)19-41(28-26(42)13-12-23(27(28)31)32(35,36)37)25-7-5-4-6-24(25)39-29(43)38-21-8-10-22(11-9-21)44-30(3,33)34/h4-13,20,42H,14-19H2,1-3H3,(H2,38,39,43). The third-order valence-electron chi connectivity index (χ3n) is 8.01. The molecule has 0 unspecified atom stereocenters. The summed E-state index contributed by atoms with van der Waals surface area (Å²) in [6, 6.07) is 13.4. The maximum atomic E-state index is 14.4. The topological polar surface area (TPSA) is 77.1 Å². The first-order valence-corrected chi connectivity index (χ1v) is 14.4. The van der Waals surface area contributed by atoms with Gasteiger partial charge in [-0.3, -0.25) is 0 Å². The van der Waals surface area contributed by atoms with Gasteiger partial charge in [-0.25, -0.2) is 4.79 Å². The van der Waals surface area contributed by atoms with Crippen LogP contribution in [0.4, 0.5) is 49.5 Å². The molecule has 12 heteroatoms. The van der Waals surface area contributed by atoms with E-state index in [2.05, 4.69) is 34.1 Å². The van der Waals surface area contributed by atoms with E-state index in [1.807, 2.05) is 0 Å². The number of alkyl halides is 5. The molecule has 0 radical (unpaired) electrons. The molecule has 0 aromatic heterocycles. The lowest BCUT2D eigenvalue weighted by molar-refractivity contribution is -0.159. The van der Waals surface area contributed by atoms with Crippen molar-refractivity contribution in [1.82, 2.24) is 4.90 Å². The Kier molecular flexibility index (Phi) is 8.41. The Labute approximate surface area is 252 Å². The normalized spacial score (nSPS) is 16.7. The van der Waals surface area contributed by atoms with Gasteiger partial charge in [-0.2, -0.15) is 22.0 Å². The number of likely N-dealkylation sites (tertiary alicyclic amines) is 1. The minimum Gasteiger partial charge on any atom is -0.506 e. The molecule has 1 fully saturated rings. The van der Waals surface area contributed by atoms with Gasteiger partial charge in [-0.1, -0.05) is 26.0 Å². The van der Waals surface area contributed by atoms with Gasteiger partial charge in [0.15, 0.2) is 0 Å². The van der Waals surface area contributed by atoms with Crippen LogP contribution in [0.25, 0.3) is 0 Å². The van der Waals surface area contributed by atoms with E-state index in [9.17, 15) is 31.9 Å². The summed E-state index contributed by atoms with van der Waals surface area (Å²) in [5.41, 5.74) is -0.398. The largest absolute Gasteiger partial charge is 0.506 e. The number of nitrogens with one attached hydrogen (secondary N) is 2. The quantitative estimate of drug-likeness (QED) is 0.233. The molecular formula is C32H35F5N4O3. The molecule has 3 aromatic rings. The first-order valence-electron chi connectivity index (χ1n) is 14.4. The zero-order valence-corrected chi connectivity index (χ0v) is 24.6. The number of rotatable bonds is 7. The Morgan fingerprint density at radius 2 is 1.64 bits per heavy atom. The Bertz CT molecular complexity index is 1500. The van der Waals surface area contributed by atoms with E-state index in [-0.39, 0.29) is 29.3 Å². The number of nitrogens with zero attached hydrogens (tertiary/aromatic N) is 2. The van der Waals surface area contributed by atoms with E-state index in [0.717, 1.165) is 18.7 Å². The molecule has 0 atom stereocenters. The molecule has 0 aliphatic carbocycles. The van der Waals surface area contributed by atoms with Crippen molar-refractivity contribution in [3.63, 3.8) is 0 Å². The van der Waals surface area contributed by atoms with E-state index in [0.29, 0.717) is 55.8 Å². The second-order valence-corrected chi connectivity index (χ2v) is 11.9. The number of phenolic OH excluding ortho intramolecular Hbond substituents is 1. The number of hydrogen-bond acceptors (Lipinski definition) is 5. The van der Waals surface area contributed by atoms with Gasteiger partial charge in [0.2, 0.25) is 0 Å². The van der Waals surface area contributed by atoms with Gasteiger partial charge in [-0.15, -0.1) is 0 Å². The minimum absolute atomic E-state index is 0.0801. The van der Waals surface area contributed by atoms with Crippen molar-refractivity contribution in [2.75, 3.05) is 41.7 Å². The lowest BCUT2D eigenvalue weighted by atomic mass is 9.72. The van der Waals surface area contributed by atoms with Crippen molar-refractivity contribution in [2.45, 2.75) is 51.3 Å². The zero-order chi connectivity index (χ0) is 31.9. The molecule has 0 saturated carbocycles. The van der Waals surface area contributed by atoms with Gasteiger partial charge in [-0.05, 0) is 85.9 Å². The highest BCUT2D eigenvalue weighted by Crippen LogP contribution is 2.57. The first kappa shape index (κ1) is 31.4. The van der Waals surface area contributed by atoms with Gasteiger partial charge < -0.3 is 30.3 Å². The van der Waals surface area contributed by atoms with Crippen LogP contribution >= 0.6 is 0 Å². The number of carbonyl (C=O) groups excluding carboxylic acids is 1. The zero-order valence-electron chi connectivity index (χ0n) is 24.6. The average Bonchev–Trinajstić information content (AvgIpc) is 3.25. The number of benzene rings is 3. The van der Waals surface area contributed by atoms with Crippen molar-refractivity contribution >= 4 is 28.8 Å². The number of para-hydroxylation sites is 2. The lowest BCUT2D eigenvalue weighted by Gasteiger charge is -2.41. The fourth-order valence-corrected chi connectivity index (χ4v) is 6.29. The minimum atomic E-state index is -4.62. The van der Waals surface area contributed by atoms with Crippen LogP contribution in [0.5, 0.6) is 11.5 Å². The van der Waals surface area contributed by atoms with Gasteiger partial charge in [0.25, 0.3) is 0 Å². The van der Waals surface area contributed by atoms with Crippen molar-refractivity contribution < 1.29 is 36.6 Å². The number of halogens is 5. The molecule has 7 nitrogen and oxygen atoms in total. The highest BCUT2D eigenvalue weighted by Gasteiger charge is 2.51. The number of amides is 2. The highest BCUT2D eigenvalue weighted by molar-refractivity contribution is 6.02. The maximum absolute atomic E-state index is 14.4. The van der Waals surface area contributed by atoms with Gasteiger partial charge in [0.05, 0.1) is 22.6 Å². The Balaban J connectivity index is 1.45. The van der Waals surface area contributed by atoms with Crippen LogP contribution < -0.4 is 20.3 Å². The van der Waals surface area contributed by atoms with Crippen LogP contribution in [0, 0.1) is 5.92 Å². The Morgan fingerprint density at radius 3 is 2.25 bits per heavy atom. The summed E-state index contributed by atoms with van der Waals surface area (Å²) in [6.45, 7) is 7.12. The predicted molar refractivity (Wildman–Crippen MR) is 159 cm³/mol. The molecule has 2 aliphatic rings. The van der Waals surface area contributed by atoms with Crippen LogP contribution in [-0.2, 0) is 11.6 Å². The molecule has 2 heterocycles. The highest BCUT2D eigenvalue weighted by atomic mass is 19.4. The molecule has 2 amide bonds. The third kappa shape index (κ3) is 6.69. The monoisotopic (exact) mass is 618 g/mol. The summed E-state index contributed by atoms with van der Waals surface area (Å²) in [5, 5.41) is 16.4. The number of phenols is 1. The third-order valence-corrected chi connectivity index (χ3v) is 8.01. The van der Waals surface area contributed by atoms with E-state index in [4.69, 9.17) is 0 Å². The lowest BCUT2D eigenvalue weighted by Crippen LogP contribution is -2.46. The van der Waals surface area contributed by atoms with Crippen molar-refractivity contribution in [3.8, 4) is 11.5 Å². The summed E-state index contributed by atoms with van der Waals surface area (Å²) in [7, 11) is 0. The second-order valence-electron chi connectivity index (χ2n) is 11.9. The average molecular weight is 619 g/mol. The fourth-order valence-electron chi connectivity index (χ4n) is 6.29. The Morgan fingerprint density at radius 1 is 0.977 bits per heavy atom. The van der Waals surface area contributed by atoms with Crippen LogP contribution in [0.3, 0.4) is 0 Å². The van der Waals surface area contributed by atoms with Gasteiger partial charge >= 0.3 is 18.3 Å². The van der Waals surface area contributed by atoms with Gasteiger partial charge in [0, 0.05) is 31.1 Å². The molecule has 1 spiro atoms. The molecule has 236 valence electrons. The molecule has 3 aromatic carbocycles. The number of hydrogen-bond donors (Lipinski definition) is 3. The maximum Gasteiger partial charge on any atom is 0.416 e. The van der Waals surface area contributed by atoms with Crippen LogP contribution in [-0.4, -0.2) is 48.3 Å². The Hall–Kier alpha value is -4.06. The molecule has 3 N–H and O–H groups in total. The second kappa shape index (κ2) is 11.8. The molecule has 5 rings (SSSR count). The molecule has 0 bridgehead atoms. The number of aromatic hydroxyl groups is 1. The number of urea groups is 1. The van der Waals surface area contributed by atoms with Crippen molar-refractivity contribution in [2.24, 2.45) is 5.92 Å². The number of fused-ring (bicyclic) bond motifs is 2. The molecule has 44 heavy (non-hydrogen) atoms. The number of ether oxygens (including phenoxy) is 1. The number of carbonyl (C=O) groups is 1. The summed E-state index contributed by atoms with van der Waals surface area (Å²) in [6.07, 6.45) is -7.02. The van der Waals surface area contributed by atoms with Gasteiger partial charge in [0.1, 0.15) is 11.5 Å². The van der Waals surface area contributed by atoms with Crippen molar-refractivity contribution in [3.05, 3.63) is 71.8 Å². The first-order chi connectivity index (χ1) is 20.6. The molecule has 1 saturated heterocycles. The van der Waals surface area contributed by atoms with Crippen molar-refractivity contribution in [1.29, 1.82) is 0 Å². The summed E-state index contributed by atoms with van der Waals surface area (Å²) < 4.78 is 74.1. The van der Waals surface area contributed by atoms with Crippen LogP contribution in [0.15, 0.2) is 60.7 Å². The predicted octanol–water partition coefficient (Wildman–Crippen LogP) is 8.19. The summed E-state index contributed by atoms with van der Waals surface area (Å²) in [4.78, 5) is 16.9. The number of anilines is 4. The van der Waals surface area contributed by atoms with Crippen LogP contribution in [0.2, 0.25) is 0 Å². The summed E-state index contributed by atoms with van der Waals surface area (Å²) >= 11 is 0.